The first-order chi connectivity index (χ1) is 30.1. The molecule has 0 spiro atoms. The lowest BCUT2D eigenvalue weighted by atomic mass is 9.78. The zero-order valence-corrected chi connectivity index (χ0v) is 36.0. The number of nitrogens with zero attached hydrogens (tertiary/aromatic N) is 4. The Morgan fingerprint density at radius 1 is 0.484 bits per heavy atom. The van der Waals surface area contributed by atoms with Crippen LogP contribution < -0.4 is 14.5 Å². The summed E-state index contributed by atoms with van der Waals surface area (Å²) in [5.41, 5.74) is 12.4. The van der Waals surface area contributed by atoms with Crippen molar-refractivity contribution >= 4 is 38.9 Å². The molecule has 9 aromatic rings. The number of hydrogen-bond donors (Lipinski definition) is 0. The topological polar surface area (TPSA) is 33.5 Å². The third-order valence-electron chi connectivity index (χ3n) is 12.4. The Bertz CT molecular complexity index is 3090. The van der Waals surface area contributed by atoms with E-state index < -0.39 is 0 Å². The molecular formula is C57H50N4O. The van der Waals surface area contributed by atoms with E-state index in [1.165, 1.54) is 22.1 Å². The summed E-state index contributed by atoms with van der Waals surface area (Å²) in [5.74, 6) is 2.40. The molecule has 0 fully saturated rings. The molecule has 3 heterocycles. The molecule has 10 rings (SSSR count). The van der Waals surface area contributed by atoms with Gasteiger partial charge in [-0.05, 0) is 93.4 Å². The molecule has 0 saturated heterocycles. The number of fused-ring (bicyclic) bond motifs is 3. The number of anilines is 2. The van der Waals surface area contributed by atoms with Gasteiger partial charge < -0.3 is 14.5 Å². The average Bonchev–Trinajstić information content (AvgIpc) is 3.90. The summed E-state index contributed by atoms with van der Waals surface area (Å²) in [6.45, 7) is 12.0. The third kappa shape index (κ3) is 7.30. The Morgan fingerprint density at radius 3 is 1.92 bits per heavy atom. The molecule has 0 bridgehead atoms. The molecule has 1 aliphatic heterocycles. The second-order valence-corrected chi connectivity index (χ2v) is 17.8. The lowest BCUT2D eigenvalue weighted by molar-refractivity contribution is 0.483. The van der Waals surface area contributed by atoms with E-state index in [1.54, 1.807) is 0 Å². The van der Waals surface area contributed by atoms with Gasteiger partial charge in [-0.25, -0.2) is 4.98 Å². The Balaban J connectivity index is 1.06. The summed E-state index contributed by atoms with van der Waals surface area (Å²) >= 11 is 0. The van der Waals surface area contributed by atoms with Crippen LogP contribution in [0, 0.1) is 0 Å². The van der Waals surface area contributed by atoms with Crippen molar-refractivity contribution in [2.75, 3.05) is 16.5 Å². The highest BCUT2D eigenvalue weighted by Gasteiger charge is 2.28. The quantitative estimate of drug-likeness (QED) is 0.145. The van der Waals surface area contributed by atoms with Gasteiger partial charge in [0.25, 0.3) is 0 Å². The molecule has 1 aliphatic rings. The van der Waals surface area contributed by atoms with E-state index >= 15 is 0 Å². The lowest BCUT2D eigenvalue weighted by Crippen LogP contribution is -2.27. The molecule has 304 valence electrons. The molecule has 62 heavy (non-hydrogen) atoms. The molecule has 0 atom stereocenters. The van der Waals surface area contributed by atoms with Crippen molar-refractivity contribution in [2.45, 2.75) is 45.4 Å². The zero-order valence-electron chi connectivity index (χ0n) is 36.0. The molecule has 2 aromatic heterocycles. The number of aromatic nitrogens is 2. The maximum atomic E-state index is 6.97. The van der Waals surface area contributed by atoms with E-state index in [0.29, 0.717) is 6.67 Å². The van der Waals surface area contributed by atoms with Gasteiger partial charge in [-0.15, -0.1) is 0 Å². The van der Waals surface area contributed by atoms with Crippen LogP contribution in [0.15, 0.2) is 200 Å². The molecular weight excluding hydrogens is 757 g/mol. The fourth-order valence-corrected chi connectivity index (χ4v) is 8.80. The Kier molecular flexibility index (Phi) is 9.76. The van der Waals surface area contributed by atoms with Gasteiger partial charge >= 0.3 is 0 Å². The highest BCUT2D eigenvalue weighted by Crippen LogP contribution is 2.42. The molecule has 5 heteroatoms. The van der Waals surface area contributed by atoms with Crippen LogP contribution in [-0.4, -0.2) is 16.2 Å². The first kappa shape index (κ1) is 38.8. The summed E-state index contributed by atoms with van der Waals surface area (Å²) in [6, 6.07) is 66.9. The molecule has 7 aromatic carbocycles. The maximum Gasteiger partial charge on any atom is 0.137 e. The largest absolute Gasteiger partial charge is 0.457 e. The van der Waals surface area contributed by atoms with Crippen LogP contribution >= 0.6 is 0 Å². The van der Waals surface area contributed by atoms with Crippen LogP contribution in [0.3, 0.4) is 0 Å². The first-order valence-corrected chi connectivity index (χ1v) is 21.5. The molecule has 0 amide bonds. The van der Waals surface area contributed by atoms with E-state index in [4.69, 9.17) is 9.72 Å². The van der Waals surface area contributed by atoms with Gasteiger partial charge in [-0.2, -0.15) is 0 Å². The summed E-state index contributed by atoms with van der Waals surface area (Å²) in [4.78, 5) is 9.67. The fourth-order valence-electron chi connectivity index (χ4n) is 8.80. The van der Waals surface area contributed by atoms with E-state index in [9.17, 15) is 0 Å². The van der Waals surface area contributed by atoms with Crippen LogP contribution in [0.1, 0.15) is 56.9 Å². The van der Waals surface area contributed by atoms with Gasteiger partial charge in [0, 0.05) is 52.1 Å². The number of pyridine rings is 1. The smallest absolute Gasteiger partial charge is 0.137 e. The number of rotatable bonds is 9. The number of para-hydroxylation sites is 1. The van der Waals surface area contributed by atoms with E-state index in [2.05, 4.69) is 243 Å². The minimum absolute atomic E-state index is 0.0164. The van der Waals surface area contributed by atoms with Gasteiger partial charge in [-0.1, -0.05) is 156 Å². The Hall–Kier alpha value is -7.37. The van der Waals surface area contributed by atoms with Crippen LogP contribution in [0.2, 0.25) is 0 Å². The van der Waals surface area contributed by atoms with Crippen molar-refractivity contribution in [1.29, 1.82) is 0 Å². The summed E-state index contributed by atoms with van der Waals surface area (Å²) in [7, 11) is 0. The van der Waals surface area contributed by atoms with Crippen molar-refractivity contribution in [3.8, 4) is 28.4 Å². The van der Waals surface area contributed by atoms with Crippen molar-refractivity contribution in [2.24, 2.45) is 0 Å². The van der Waals surface area contributed by atoms with Gasteiger partial charge in [-0.3, -0.25) is 4.57 Å². The summed E-state index contributed by atoms with van der Waals surface area (Å²) < 4.78 is 9.24. The normalized spacial score (nSPS) is 13.2. The van der Waals surface area contributed by atoms with Crippen molar-refractivity contribution < 1.29 is 4.74 Å². The highest BCUT2D eigenvalue weighted by atomic mass is 16.5. The molecule has 5 nitrogen and oxygen atoms in total. The molecule has 0 aliphatic carbocycles. The lowest BCUT2D eigenvalue weighted by Gasteiger charge is -2.28. The molecule has 0 saturated carbocycles. The van der Waals surface area contributed by atoms with E-state index in [-0.39, 0.29) is 10.8 Å². The van der Waals surface area contributed by atoms with Gasteiger partial charge in [0.15, 0.2) is 0 Å². The zero-order chi connectivity index (χ0) is 42.4. The van der Waals surface area contributed by atoms with Crippen LogP contribution in [-0.2, 0) is 10.8 Å². The molecule has 0 N–H and O–H groups in total. The van der Waals surface area contributed by atoms with Crippen LogP contribution in [0.5, 0.6) is 11.5 Å². The van der Waals surface area contributed by atoms with E-state index in [0.717, 1.165) is 67.5 Å². The molecule has 0 radical (unpaired) electrons. The fraction of sp³-hybridized carbons (Fsp3) is 0.140. The number of benzene rings is 7. The van der Waals surface area contributed by atoms with E-state index in [1.807, 2.05) is 6.20 Å². The minimum Gasteiger partial charge on any atom is -0.457 e. The first-order valence-electron chi connectivity index (χ1n) is 21.5. The molecule has 0 unspecified atom stereocenters. The monoisotopic (exact) mass is 806 g/mol. The van der Waals surface area contributed by atoms with Crippen molar-refractivity contribution in [3.63, 3.8) is 0 Å². The standard InChI is InChI=1S/C57H50N4O/c1-56(2,3)44-30-31-58-55(35-44)61-52-27-16-15-26-50(52)51-29-28-48(37-53(51)61)62-49-33-42(40-18-9-6-10-19-40)32-47(36-49)60-39-59(38-54(60)41-20-11-7-12-21-41)46-25-17-24-45(34-46)57(4,5)43-22-13-8-14-23-43/h6-38H,39H2,1-5H3. The third-order valence-corrected chi connectivity index (χ3v) is 12.4. The van der Waals surface area contributed by atoms with Crippen molar-refractivity contribution in [3.05, 3.63) is 223 Å². The second-order valence-electron chi connectivity index (χ2n) is 17.8. The van der Waals surface area contributed by atoms with Gasteiger partial charge in [0.05, 0.1) is 23.4 Å². The highest BCUT2D eigenvalue weighted by molar-refractivity contribution is 6.09. The van der Waals surface area contributed by atoms with Gasteiger partial charge in [0.1, 0.15) is 17.3 Å². The average molecular weight is 807 g/mol. The minimum atomic E-state index is -0.163. The Labute approximate surface area is 364 Å². The summed E-state index contributed by atoms with van der Waals surface area (Å²) in [5, 5.41) is 2.33. The van der Waals surface area contributed by atoms with Crippen LogP contribution in [0.25, 0.3) is 44.4 Å². The Morgan fingerprint density at radius 2 is 1.16 bits per heavy atom. The number of ether oxygens (including phenoxy) is 1. The predicted octanol–water partition coefficient (Wildman–Crippen LogP) is 14.5. The van der Waals surface area contributed by atoms with Gasteiger partial charge in [0.2, 0.25) is 0 Å². The van der Waals surface area contributed by atoms with Crippen molar-refractivity contribution in [1.82, 2.24) is 9.55 Å². The second kappa shape index (κ2) is 15.6. The number of hydrogen-bond acceptors (Lipinski definition) is 4. The maximum absolute atomic E-state index is 6.97. The predicted molar refractivity (Wildman–Crippen MR) is 258 cm³/mol. The van der Waals surface area contributed by atoms with Crippen LogP contribution in [0.4, 0.5) is 11.4 Å². The summed E-state index contributed by atoms with van der Waals surface area (Å²) in [6.07, 6.45) is 4.21. The SMILES string of the molecule is CC(C)(C)c1ccnc(-n2c3ccccc3c3ccc(Oc4cc(-c5ccccc5)cc(N5CN(c6cccc(C(C)(C)c7ccccc7)c6)C=C5c5ccccc5)c4)cc32)c1.